The molecule has 0 atom stereocenters. The Morgan fingerprint density at radius 3 is 2.26 bits per heavy atom. The summed E-state index contributed by atoms with van der Waals surface area (Å²) >= 11 is 6.64. The highest BCUT2D eigenvalue weighted by Gasteiger charge is 2.20. The molecule has 0 radical (unpaired) electrons. The van der Waals surface area contributed by atoms with Gasteiger partial charge >= 0.3 is 5.97 Å². The average molecular weight is 545 g/mol. The smallest absolute Gasteiger partial charge is 0.308 e. The molecule has 0 aliphatic heterocycles. The Morgan fingerprint density at radius 1 is 0.974 bits per heavy atom. The van der Waals surface area contributed by atoms with Crippen molar-refractivity contribution in [2.45, 2.75) is 27.7 Å². The van der Waals surface area contributed by atoms with Gasteiger partial charge in [0.1, 0.15) is 0 Å². The highest BCUT2D eigenvalue weighted by Crippen LogP contribution is 2.41. The quantitative estimate of drug-likeness (QED) is 0.152. The molecule has 200 valence electrons. The van der Waals surface area contributed by atoms with Crippen molar-refractivity contribution in [2.24, 2.45) is 0 Å². The second kappa shape index (κ2) is 11.6. The third-order valence-electron chi connectivity index (χ3n) is 6.15. The van der Waals surface area contributed by atoms with Crippen molar-refractivity contribution >= 4 is 46.1 Å². The lowest BCUT2D eigenvalue weighted by molar-refractivity contribution is -0.132. The van der Waals surface area contributed by atoms with Gasteiger partial charge in [0.25, 0.3) is 0 Å². The molecule has 1 aromatic heterocycles. The molecule has 0 spiro atoms. The number of hydrogen-bond donors (Lipinski definition) is 1. The molecule has 0 fully saturated rings. The summed E-state index contributed by atoms with van der Waals surface area (Å²) in [6.07, 6.45) is 3.02. The first-order valence-corrected chi connectivity index (χ1v) is 12.6. The van der Waals surface area contributed by atoms with Crippen LogP contribution in [-0.2, 0) is 9.59 Å². The summed E-state index contributed by atoms with van der Waals surface area (Å²) in [5.74, 6) is -0.106. The summed E-state index contributed by atoms with van der Waals surface area (Å²) in [6, 6.07) is 15.0. The number of esters is 1. The molecule has 39 heavy (non-hydrogen) atoms. The molecule has 0 aliphatic rings. The lowest BCUT2D eigenvalue weighted by Gasteiger charge is -2.18. The molecular formula is C31H29ClN2O5. The molecule has 4 aromatic rings. The van der Waals surface area contributed by atoms with Crippen LogP contribution in [0.5, 0.6) is 17.2 Å². The van der Waals surface area contributed by atoms with Gasteiger partial charge in [0.2, 0.25) is 11.7 Å². The van der Waals surface area contributed by atoms with E-state index in [2.05, 4.69) is 17.4 Å². The van der Waals surface area contributed by atoms with E-state index in [9.17, 15) is 9.59 Å². The number of nitrogens with one attached hydrogen (secondary N) is 1. The summed E-state index contributed by atoms with van der Waals surface area (Å²) in [7, 11) is 2.91. The molecule has 1 amide bonds. The molecule has 0 unspecified atom stereocenters. The number of amides is 1. The van der Waals surface area contributed by atoms with Crippen molar-refractivity contribution in [3.63, 3.8) is 0 Å². The van der Waals surface area contributed by atoms with Crippen LogP contribution in [0.3, 0.4) is 0 Å². The molecule has 4 rings (SSSR count). The van der Waals surface area contributed by atoms with Crippen molar-refractivity contribution in [1.82, 2.24) is 4.98 Å². The van der Waals surface area contributed by atoms with Crippen LogP contribution in [0.1, 0.15) is 29.3 Å². The van der Waals surface area contributed by atoms with Gasteiger partial charge in [-0.25, -0.2) is 0 Å². The zero-order valence-electron chi connectivity index (χ0n) is 22.6. The number of pyridine rings is 1. The van der Waals surface area contributed by atoms with Gasteiger partial charge in [-0.15, -0.1) is 0 Å². The number of benzene rings is 3. The number of halogens is 1. The van der Waals surface area contributed by atoms with E-state index < -0.39 is 5.97 Å². The number of aryl methyl sites for hydroxylation is 3. The molecule has 8 heteroatoms. The fourth-order valence-electron chi connectivity index (χ4n) is 4.51. The summed E-state index contributed by atoms with van der Waals surface area (Å²) < 4.78 is 16.0. The van der Waals surface area contributed by atoms with Gasteiger partial charge in [-0.05, 0) is 62.2 Å². The predicted octanol–water partition coefficient (Wildman–Crippen LogP) is 7.07. The van der Waals surface area contributed by atoms with E-state index in [0.29, 0.717) is 33.5 Å². The standard InChI is InChI=1S/C31H29ClN2O5/c1-17-13-18(2)29-23(14-17)28(22-9-7-8-10-24(22)32)30(19(3)33-29)34-27(36)12-11-21-15-25(37-5)31(39-20(4)35)26(16-21)38-6/h7-16H,1-6H3,(H,34,36). The largest absolute Gasteiger partial charge is 0.493 e. The maximum absolute atomic E-state index is 13.2. The number of hydrogen-bond acceptors (Lipinski definition) is 6. The Labute approximate surface area is 232 Å². The van der Waals surface area contributed by atoms with Gasteiger partial charge in [-0.2, -0.15) is 0 Å². The number of rotatable bonds is 7. The van der Waals surface area contributed by atoms with Crippen molar-refractivity contribution in [3.8, 4) is 28.4 Å². The summed E-state index contributed by atoms with van der Waals surface area (Å²) in [6.45, 7) is 7.20. The van der Waals surface area contributed by atoms with Crippen LogP contribution in [0, 0.1) is 20.8 Å². The van der Waals surface area contributed by atoms with Crippen molar-refractivity contribution < 1.29 is 23.8 Å². The zero-order chi connectivity index (χ0) is 28.3. The van der Waals surface area contributed by atoms with Crippen molar-refractivity contribution in [3.05, 3.63) is 82.0 Å². The molecule has 7 nitrogen and oxygen atoms in total. The van der Waals surface area contributed by atoms with Gasteiger partial charge in [0.05, 0.1) is 31.1 Å². The third kappa shape index (κ3) is 5.89. The van der Waals surface area contributed by atoms with E-state index in [1.54, 1.807) is 18.2 Å². The second-order valence-electron chi connectivity index (χ2n) is 9.08. The van der Waals surface area contributed by atoms with Gasteiger partial charge in [-0.3, -0.25) is 14.6 Å². The minimum atomic E-state index is -0.506. The fourth-order valence-corrected chi connectivity index (χ4v) is 4.74. The van der Waals surface area contributed by atoms with Crippen LogP contribution >= 0.6 is 11.6 Å². The normalized spacial score (nSPS) is 11.1. The first-order valence-electron chi connectivity index (χ1n) is 12.2. The number of methoxy groups -OCH3 is 2. The number of carbonyl (C=O) groups is 2. The van der Waals surface area contributed by atoms with E-state index in [1.165, 1.54) is 27.2 Å². The second-order valence-corrected chi connectivity index (χ2v) is 9.48. The fraction of sp³-hybridized carbons (Fsp3) is 0.194. The summed E-state index contributed by atoms with van der Waals surface area (Å²) in [5.41, 5.74) is 6.45. The molecular weight excluding hydrogens is 516 g/mol. The Bertz CT molecular complexity index is 1600. The van der Waals surface area contributed by atoms with Crippen LogP contribution in [0.2, 0.25) is 5.02 Å². The average Bonchev–Trinajstić information content (AvgIpc) is 2.89. The lowest BCUT2D eigenvalue weighted by Crippen LogP contribution is -2.12. The first-order chi connectivity index (χ1) is 18.6. The van der Waals surface area contributed by atoms with Crippen LogP contribution in [0.25, 0.3) is 28.1 Å². The lowest BCUT2D eigenvalue weighted by atomic mass is 9.95. The predicted molar refractivity (Wildman–Crippen MR) is 155 cm³/mol. The van der Waals surface area contributed by atoms with Gasteiger partial charge in [0.15, 0.2) is 11.5 Å². The Balaban J connectivity index is 1.77. The van der Waals surface area contributed by atoms with E-state index in [-0.39, 0.29) is 11.7 Å². The van der Waals surface area contributed by atoms with Crippen molar-refractivity contribution in [1.29, 1.82) is 0 Å². The topological polar surface area (TPSA) is 86.8 Å². The number of anilines is 1. The molecule has 3 aromatic carbocycles. The van der Waals surface area contributed by atoms with E-state index in [4.69, 9.17) is 30.8 Å². The molecule has 0 saturated carbocycles. The van der Waals surface area contributed by atoms with Crippen LogP contribution in [0.15, 0.2) is 54.6 Å². The number of carbonyl (C=O) groups excluding carboxylic acids is 2. The van der Waals surface area contributed by atoms with Crippen LogP contribution in [0.4, 0.5) is 5.69 Å². The highest BCUT2D eigenvalue weighted by atomic mass is 35.5. The molecule has 1 heterocycles. The number of aromatic nitrogens is 1. The van der Waals surface area contributed by atoms with E-state index in [0.717, 1.165) is 33.2 Å². The number of nitrogens with zero attached hydrogens (tertiary/aromatic N) is 1. The van der Waals surface area contributed by atoms with Gasteiger partial charge < -0.3 is 19.5 Å². The molecule has 0 saturated heterocycles. The van der Waals surface area contributed by atoms with Gasteiger partial charge in [-0.1, -0.05) is 41.4 Å². The van der Waals surface area contributed by atoms with Gasteiger partial charge in [0, 0.05) is 34.5 Å². The van der Waals surface area contributed by atoms with Crippen molar-refractivity contribution in [2.75, 3.05) is 19.5 Å². The minimum Gasteiger partial charge on any atom is -0.493 e. The monoisotopic (exact) mass is 544 g/mol. The maximum atomic E-state index is 13.2. The zero-order valence-corrected chi connectivity index (χ0v) is 23.4. The Morgan fingerprint density at radius 2 is 1.64 bits per heavy atom. The first kappa shape index (κ1) is 27.7. The summed E-state index contributed by atoms with van der Waals surface area (Å²) in [5, 5.41) is 4.50. The Hall–Kier alpha value is -4.36. The molecule has 0 bridgehead atoms. The Kier molecular flexibility index (Phi) is 8.21. The molecule has 1 N–H and O–H groups in total. The highest BCUT2D eigenvalue weighted by molar-refractivity contribution is 6.34. The van der Waals surface area contributed by atoms with Crippen LogP contribution in [-0.4, -0.2) is 31.1 Å². The third-order valence-corrected chi connectivity index (χ3v) is 6.48. The SMILES string of the molecule is COc1cc(C=CC(=O)Nc2c(C)nc3c(C)cc(C)cc3c2-c2ccccc2Cl)cc(OC)c1OC(C)=O. The number of fused-ring (bicyclic) bond motifs is 1. The summed E-state index contributed by atoms with van der Waals surface area (Å²) in [4.78, 5) is 29.5. The van der Waals surface area contributed by atoms with E-state index in [1.807, 2.05) is 45.0 Å². The minimum absolute atomic E-state index is 0.168. The molecule has 0 aliphatic carbocycles. The van der Waals surface area contributed by atoms with Crippen LogP contribution < -0.4 is 19.5 Å². The number of ether oxygens (including phenoxy) is 3. The maximum Gasteiger partial charge on any atom is 0.308 e. The van der Waals surface area contributed by atoms with E-state index >= 15 is 0 Å².